The van der Waals surface area contributed by atoms with Crippen LogP contribution in [0.2, 0.25) is 0 Å². The minimum Gasteiger partial charge on any atom is -0.319 e. The highest BCUT2D eigenvalue weighted by Gasteiger charge is 2.22. The Balaban J connectivity index is 1.56. The molecule has 146 valence electrons. The van der Waals surface area contributed by atoms with Crippen LogP contribution in [0.15, 0.2) is 66.7 Å². The zero-order valence-corrected chi connectivity index (χ0v) is 16.1. The molecule has 0 saturated carbocycles. The average Bonchev–Trinajstić information content (AvgIpc) is 2.85. The van der Waals surface area contributed by atoms with Gasteiger partial charge in [-0.2, -0.15) is 0 Å². The summed E-state index contributed by atoms with van der Waals surface area (Å²) in [6.45, 7) is 3.20. The molecule has 1 heterocycles. The van der Waals surface area contributed by atoms with Crippen LogP contribution in [0, 0.1) is 17.0 Å². The highest BCUT2D eigenvalue weighted by atomic mass is 16.6. The van der Waals surface area contributed by atoms with E-state index in [1.807, 2.05) is 24.3 Å². The highest BCUT2D eigenvalue weighted by Crippen LogP contribution is 2.32. The average molecular weight is 387 g/mol. The fourth-order valence-electron chi connectivity index (χ4n) is 3.78. The predicted molar refractivity (Wildman–Crippen MR) is 112 cm³/mol. The van der Waals surface area contributed by atoms with Crippen LogP contribution < -0.4 is 5.32 Å². The number of rotatable bonds is 4. The lowest BCUT2D eigenvalue weighted by Crippen LogP contribution is -2.32. The lowest BCUT2D eigenvalue weighted by Gasteiger charge is -2.20. The molecule has 3 aromatic carbocycles. The Labute approximate surface area is 168 Å². The summed E-state index contributed by atoms with van der Waals surface area (Å²) in [5, 5.41) is 14.0. The van der Waals surface area contributed by atoms with Gasteiger partial charge in [-0.15, -0.1) is 0 Å². The van der Waals surface area contributed by atoms with Gasteiger partial charge in [-0.25, -0.2) is 0 Å². The van der Waals surface area contributed by atoms with Crippen molar-refractivity contribution < 1.29 is 9.72 Å². The van der Waals surface area contributed by atoms with Crippen molar-refractivity contribution in [2.75, 3.05) is 11.9 Å². The first kappa shape index (κ1) is 18.8. The van der Waals surface area contributed by atoms with E-state index < -0.39 is 4.92 Å². The van der Waals surface area contributed by atoms with Gasteiger partial charge in [0.1, 0.15) is 5.69 Å². The van der Waals surface area contributed by atoms with Crippen molar-refractivity contribution in [1.29, 1.82) is 0 Å². The van der Waals surface area contributed by atoms with Crippen LogP contribution in [0.25, 0.3) is 11.1 Å². The number of nitro groups is 1. The molecule has 0 radical (unpaired) electrons. The number of amides is 1. The molecule has 0 spiro atoms. The van der Waals surface area contributed by atoms with E-state index in [2.05, 4.69) is 34.5 Å². The quantitative estimate of drug-likeness (QED) is 0.527. The van der Waals surface area contributed by atoms with Gasteiger partial charge in [0.2, 0.25) is 5.91 Å². The summed E-state index contributed by atoms with van der Waals surface area (Å²) in [5.74, 6) is -0.270. The largest absolute Gasteiger partial charge is 0.319 e. The number of hydrogen-bond acceptors (Lipinski definition) is 4. The normalized spacial score (nSPS) is 13.1. The predicted octanol–water partition coefficient (Wildman–Crippen LogP) is 4.52. The van der Waals surface area contributed by atoms with E-state index in [4.69, 9.17) is 0 Å². The second-order valence-corrected chi connectivity index (χ2v) is 7.29. The van der Waals surface area contributed by atoms with Crippen molar-refractivity contribution in [3.63, 3.8) is 0 Å². The summed E-state index contributed by atoms with van der Waals surface area (Å²) >= 11 is 0. The third-order valence-electron chi connectivity index (χ3n) is 5.10. The maximum Gasteiger partial charge on any atom is 0.293 e. The Morgan fingerprint density at radius 2 is 1.59 bits per heavy atom. The maximum absolute atomic E-state index is 12.7. The van der Waals surface area contributed by atoms with E-state index in [1.54, 1.807) is 19.1 Å². The number of fused-ring (bicyclic) bond motifs is 3. The molecule has 4 rings (SSSR count). The Kier molecular flexibility index (Phi) is 5.10. The number of aryl methyl sites for hydroxylation is 1. The summed E-state index contributed by atoms with van der Waals surface area (Å²) < 4.78 is 0. The van der Waals surface area contributed by atoms with Crippen LogP contribution in [0.4, 0.5) is 11.4 Å². The summed E-state index contributed by atoms with van der Waals surface area (Å²) in [4.78, 5) is 25.6. The van der Waals surface area contributed by atoms with Gasteiger partial charge in [-0.1, -0.05) is 54.6 Å². The molecule has 0 unspecified atom stereocenters. The maximum atomic E-state index is 12.7. The molecule has 6 heteroatoms. The molecule has 0 atom stereocenters. The second kappa shape index (κ2) is 7.85. The highest BCUT2D eigenvalue weighted by molar-refractivity contribution is 5.94. The topological polar surface area (TPSA) is 75.5 Å². The van der Waals surface area contributed by atoms with Crippen molar-refractivity contribution in [3.8, 4) is 11.1 Å². The summed E-state index contributed by atoms with van der Waals surface area (Å²) in [6, 6.07) is 21.2. The standard InChI is InChI=1S/C23H21N3O3/c1-16-10-11-21(22(12-16)26(28)29)24-23(27)15-25-13-17-6-2-4-8-19(17)20-9-5-3-7-18(20)14-25/h2-12H,13-15H2,1H3,(H,24,27). The van der Waals surface area contributed by atoms with Crippen molar-refractivity contribution in [3.05, 3.63) is 93.5 Å². The SMILES string of the molecule is Cc1ccc(NC(=O)CN2Cc3ccccc3-c3ccccc3C2)c([N+](=O)[O-])c1. The zero-order chi connectivity index (χ0) is 20.4. The summed E-state index contributed by atoms with van der Waals surface area (Å²) in [7, 11) is 0. The first-order chi connectivity index (χ1) is 14.0. The van der Waals surface area contributed by atoms with E-state index >= 15 is 0 Å². The number of nitrogens with zero attached hydrogens (tertiary/aromatic N) is 2. The molecule has 0 fully saturated rings. The number of carbonyl (C=O) groups excluding carboxylic acids is 1. The van der Waals surface area contributed by atoms with E-state index in [0.29, 0.717) is 13.1 Å². The van der Waals surface area contributed by atoms with Crippen molar-refractivity contribution in [2.45, 2.75) is 20.0 Å². The van der Waals surface area contributed by atoms with E-state index in [1.165, 1.54) is 17.2 Å². The fourth-order valence-corrected chi connectivity index (χ4v) is 3.78. The molecule has 1 amide bonds. The monoisotopic (exact) mass is 387 g/mol. The summed E-state index contributed by atoms with van der Waals surface area (Å²) in [6.07, 6.45) is 0. The lowest BCUT2D eigenvalue weighted by atomic mass is 9.97. The minimum atomic E-state index is -0.471. The second-order valence-electron chi connectivity index (χ2n) is 7.29. The number of benzene rings is 3. The van der Waals surface area contributed by atoms with Gasteiger partial charge < -0.3 is 5.32 Å². The van der Waals surface area contributed by atoms with Crippen LogP contribution >= 0.6 is 0 Å². The smallest absolute Gasteiger partial charge is 0.293 e. The zero-order valence-electron chi connectivity index (χ0n) is 16.1. The van der Waals surface area contributed by atoms with Crippen molar-refractivity contribution in [2.24, 2.45) is 0 Å². The molecule has 6 nitrogen and oxygen atoms in total. The van der Waals surface area contributed by atoms with Crippen LogP contribution in [0.3, 0.4) is 0 Å². The first-order valence-corrected chi connectivity index (χ1v) is 9.44. The molecule has 0 aromatic heterocycles. The molecule has 3 aromatic rings. The van der Waals surface area contributed by atoms with Crippen LogP contribution in [-0.2, 0) is 17.9 Å². The van der Waals surface area contributed by atoms with E-state index in [-0.39, 0.29) is 23.8 Å². The number of hydrogen-bond donors (Lipinski definition) is 1. The molecular weight excluding hydrogens is 366 g/mol. The van der Waals surface area contributed by atoms with Crippen molar-refractivity contribution in [1.82, 2.24) is 4.90 Å². The fraction of sp³-hybridized carbons (Fsp3) is 0.174. The van der Waals surface area contributed by atoms with Gasteiger partial charge in [0.15, 0.2) is 0 Å². The van der Waals surface area contributed by atoms with Crippen LogP contribution in [0.1, 0.15) is 16.7 Å². The van der Waals surface area contributed by atoms with Gasteiger partial charge >= 0.3 is 0 Å². The Bertz CT molecular complexity index is 1050. The number of nitro benzene ring substituents is 1. The minimum absolute atomic E-state index is 0.0927. The summed E-state index contributed by atoms with van der Waals surface area (Å²) in [5.41, 5.74) is 5.58. The molecule has 1 aliphatic heterocycles. The van der Waals surface area contributed by atoms with Gasteiger partial charge in [0, 0.05) is 19.2 Å². The molecule has 29 heavy (non-hydrogen) atoms. The molecular formula is C23H21N3O3. The van der Waals surface area contributed by atoms with Gasteiger partial charge in [-0.05, 0) is 40.8 Å². The Morgan fingerprint density at radius 1 is 1.00 bits per heavy atom. The van der Waals surface area contributed by atoms with Gasteiger partial charge in [-0.3, -0.25) is 19.8 Å². The third kappa shape index (κ3) is 4.02. The number of nitrogens with one attached hydrogen (secondary N) is 1. The molecule has 0 bridgehead atoms. The number of anilines is 1. The van der Waals surface area contributed by atoms with Crippen LogP contribution in [-0.4, -0.2) is 22.3 Å². The van der Waals surface area contributed by atoms with Gasteiger partial charge in [0.05, 0.1) is 11.5 Å². The van der Waals surface area contributed by atoms with Gasteiger partial charge in [0.25, 0.3) is 5.69 Å². The van der Waals surface area contributed by atoms with Crippen LogP contribution in [0.5, 0.6) is 0 Å². The Morgan fingerprint density at radius 3 is 2.17 bits per heavy atom. The third-order valence-corrected chi connectivity index (χ3v) is 5.10. The molecule has 0 saturated heterocycles. The van der Waals surface area contributed by atoms with E-state index in [0.717, 1.165) is 16.7 Å². The first-order valence-electron chi connectivity index (χ1n) is 9.44. The number of carbonyl (C=O) groups is 1. The molecule has 1 aliphatic rings. The molecule has 0 aliphatic carbocycles. The lowest BCUT2D eigenvalue weighted by molar-refractivity contribution is -0.384. The van der Waals surface area contributed by atoms with E-state index in [9.17, 15) is 14.9 Å². The van der Waals surface area contributed by atoms with Crippen molar-refractivity contribution >= 4 is 17.3 Å². The molecule has 1 N–H and O–H groups in total. The Hall–Kier alpha value is -3.51.